The maximum absolute atomic E-state index is 2.27. The Morgan fingerprint density at radius 3 is 1.73 bits per heavy atom. The van der Waals surface area contributed by atoms with Gasteiger partial charge >= 0.3 is 29.6 Å². The Morgan fingerprint density at radius 2 is 1.20 bits per heavy atom. The van der Waals surface area contributed by atoms with Crippen LogP contribution in [0.5, 0.6) is 0 Å². The van der Waals surface area contributed by atoms with Gasteiger partial charge < -0.3 is 0 Å². The molecule has 0 N–H and O–H groups in total. The van der Waals surface area contributed by atoms with Crippen molar-refractivity contribution >= 4 is 0 Å². The summed E-state index contributed by atoms with van der Waals surface area (Å²) in [5, 5.41) is 0. The van der Waals surface area contributed by atoms with E-state index in [1.54, 1.807) is 0 Å². The molecule has 15 heavy (non-hydrogen) atoms. The van der Waals surface area contributed by atoms with E-state index in [0.29, 0.717) is 0 Å². The molecule has 0 saturated heterocycles. The van der Waals surface area contributed by atoms with Crippen LogP contribution < -0.4 is 29.6 Å². The van der Waals surface area contributed by atoms with E-state index in [4.69, 9.17) is 0 Å². The van der Waals surface area contributed by atoms with Gasteiger partial charge in [0, 0.05) is 0 Å². The molecule has 2 aromatic carbocycles. The third kappa shape index (κ3) is 1.98. The van der Waals surface area contributed by atoms with E-state index in [-0.39, 0.29) is 29.6 Å². The van der Waals surface area contributed by atoms with Gasteiger partial charge in [0.15, 0.2) is 0 Å². The van der Waals surface area contributed by atoms with Gasteiger partial charge in [-0.05, 0) is 0 Å². The first kappa shape index (κ1) is 10.8. The van der Waals surface area contributed by atoms with E-state index >= 15 is 0 Å². The van der Waals surface area contributed by atoms with Crippen molar-refractivity contribution in [3.8, 4) is 0 Å². The Morgan fingerprint density at radius 1 is 0.733 bits per heavy atom. The predicted octanol–water partition coefficient (Wildman–Crippen LogP) is 0.195. The van der Waals surface area contributed by atoms with Crippen molar-refractivity contribution in [1.82, 2.24) is 0 Å². The summed E-state index contributed by atoms with van der Waals surface area (Å²) in [5.74, 6) is 0. The summed E-state index contributed by atoms with van der Waals surface area (Å²) >= 11 is 0. The van der Waals surface area contributed by atoms with Crippen LogP contribution >= 0.6 is 0 Å². The van der Waals surface area contributed by atoms with E-state index in [1.807, 2.05) is 0 Å². The van der Waals surface area contributed by atoms with Gasteiger partial charge in [-0.25, -0.2) is 0 Å². The number of benzene rings is 2. The topological polar surface area (TPSA) is 0 Å². The van der Waals surface area contributed by atoms with Crippen LogP contribution in [0.1, 0.15) is 22.3 Å². The van der Waals surface area contributed by atoms with E-state index in [2.05, 4.69) is 55.0 Å². The zero-order chi connectivity index (χ0) is 9.38. The second-order valence-electron chi connectivity index (χ2n) is 3.72. The summed E-state index contributed by atoms with van der Waals surface area (Å²) in [7, 11) is 0. The van der Waals surface area contributed by atoms with E-state index in [1.165, 1.54) is 22.3 Å². The summed E-state index contributed by atoms with van der Waals surface area (Å²) in [5.41, 5.74) is 5.61. The molecule has 0 saturated carbocycles. The second kappa shape index (κ2) is 4.44. The molecule has 0 radical (unpaired) electrons. The van der Waals surface area contributed by atoms with Crippen molar-refractivity contribution in [3.63, 3.8) is 0 Å². The quantitative estimate of drug-likeness (QED) is 0.361. The van der Waals surface area contributed by atoms with Crippen LogP contribution in [-0.2, 0) is 6.42 Å². The first-order valence-electron chi connectivity index (χ1n) is 4.94. The van der Waals surface area contributed by atoms with Crippen molar-refractivity contribution in [2.45, 2.75) is 6.42 Å². The van der Waals surface area contributed by atoms with Gasteiger partial charge in [-0.2, -0.15) is 0 Å². The third-order valence-electron chi connectivity index (χ3n) is 2.80. The molecule has 0 bridgehead atoms. The maximum atomic E-state index is 2.27. The van der Waals surface area contributed by atoms with Crippen molar-refractivity contribution in [2.24, 2.45) is 0 Å². The molecule has 0 fully saturated rings. The fourth-order valence-corrected chi connectivity index (χ4v) is 2.04. The Labute approximate surface area is 113 Å². The van der Waals surface area contributed by atoms with Gasteiger partial charge in [-0.15, -0.1) is 40.8 Å². The molecule has 0 atom stereocenters. The number of hydrogen-bond donors (Lipinski definition) is 0. The van der Waals surface area contributed by atoms with Crippen LogP contribution in [0.15, 0.2) is 48.5 Å². The first-order chi connectivity index (χ1) is 6.93. The third-order valence-corrected chi connectivity index (χ3v) is 2.80. The molecule has 1 heteroatoms. The molecule has 1 aliphatic carbocycles. The predicted molar refractivity (Wildman–Crippen MR) is 58.2 cm³/mol. The zero-order valence-corrected chi connectivity index (χ0v) is 10.9. The molecule has 0 amide bonds. The van der Waals surface area contributed by atoms with Crippen LogP contribution in [-0.4, -0.2) is 0 Å². The summed E-state index contributed by atoms with van der Waals surface area (Å²) in [4.78, 5) is 0. The monoisotopic (exact) mass is 202 g/mol. The number of fused-ring (bicyclic) bond motifs is 2. The standard InChI is InChI=1S/C14H11.Na/c1-2-6-12-10-14-8-4-3-7-13(14)9-11(12)5-1;/h1-9H,10H2;/q-1;+1. The first-order valence-corrected chi connectivity index (χ1v) is 4.94. The van der Waals surface area contributed by atoms with Crippen LogP contribution in [0.3, 0.4) is 0 Å². The molecule has 0 nitrogen and oxygen atoms in total. The van der Waals surface area contributed by atoms with E-state index in [9.17, 15) is 0 Å². The van der Waals surface area contributed by atoms with Crippen molar-refractivity contribution in [1.29, 1.82) is 0 Å². The number of rotatable bonds is 0. The average molecular weight is 202 g/mol. The molecule has 0 spiro atoms. The molecule has 0 unspecified atom stereocenters. The van der Waals surface area contributed by atoms with Crippen LogP contribution in [0.2, 0.25) is 0 Å². The molecule has 0 aromatic heterocycles. The van der Waals surface area contributed by atoms with E-state index in [0.717, 1.165) is 6.42 Å². The smallest absolute Gasteiger partial charge is 0.126 e. The molecule has 3 rings (SSSR count). The minimum absolute atomic E-state index is 0. The fraction of sp³-hybridized carbons (Fsp3) is 0.0714. The van der Waals surface area contributed by atoms with Crippen LogP contribution in [0, 0.1) is 6.42 Å². The average Bonchev–Trinajstić information content (AvgIpc) is 2.26. The van der Waals surface area contributed by atoms with Crippen molar-refractivity contribution in [3.05, 3.63) is 77.2 Å². The Kier molecular flexibility index (Phi) is 3.20. The van der Waals surface area contributed by atoms with Gasteiger partial charge in [0.25, 0.3) is 0 Å². The summed E-state index contributed by atoms with van der Waals surface area (Å²) < 4.78 is 0. The fourth-order valence-electron chi connectivity index (χ4n) is 2.04. The summed E-state index contributed by atoms with van der Waals surface area (Å²) in [6.07, 6.45) is 3.34. The zero-order valence-electron chi connectivity index (χ0n) is 8.90. The Balaban J connectivity index is 0.000000853. The van der Waals surface area contributed by atoms with Gasteiger partial charge in [0.05, 0.1) is 0 Å². The van der Waals surface area contributed by atoms with Crippen LogP contribution in [0.25, 0.3) is 0 Å². The molecule has 68 valence electrons. The Hall–Kier alpha value is -0.690. The van der Waals surface area contributed by atoms with Gasteiger partial charge in [-0.1, -0.05) is 42.8 Å². The molecule has 0 aliphatic heterocycles. The van der Waals surface area contributed by atoms with Crippen molar-refractivity contribution < 1.29 is 29.6 Å². The second-order valence-corrected chi connectivity index (χ2v) is 3.72. The summed E-state index contributed by atoms with van der Waals surface area (Å²) in [6.45, 7) is 0. The maximum Gasteiger partial charge on any atom is 1.00 e. The van der Waals surface area contributed by atoms with Crippen LogP contribution in [0.4, 0.5) is 0 Å². The van der Waals surface area contributed by atoms with Gasteiger partial charge in [0.2, 0.25) is 0 Å². The molecule has 0 heterocycles. The number of hydrogen-bond acceptors (Lipinski definition) is 0. The van der Waals surface area contributed by atoms with Gasteiger partial charge in [-0.3, -0.25) is 0 Å². The Bertz CT molecular complexity index is 387. The SMILES string of the molecule is [Na+].c1ccc2c(c1)[CH-]c1ccccc1C2. The normalized spacial score (nSPS) is 11.7. The minimum Gasteiger partial charge on any atom is -0.126 e. The minimum atomic E-state index is 0. The van der Waals surface area contributed by atoms with E-state index < -0.39 is 0 Å². The molecular weight excluding hydrogens is 191 g/mol. The molecule has 2 aromatic rings. The van der Waals surface area contributed by atoms with Crippen molar-refractivity contribution in [2.75, 3.05) is 0 Å². The molecular formula is C14H11Na. The summed E-state index contributed by atoms with van der Waals surface area (Å²) in [6, 6.07) is 17.2. The molecule has 1 aliphatic rings. The van der Waals surface area contributed by atoms with Gasteiger partial charge in [0.1, 0.15) is 0 Å². The largest absolute Gasteiger partial charge is 1.00 e.